The van der Waals surface area contributed by atoms with E-state index in [1.54, 1.807) is 0 Å². The lowest BCUT2D eigenvalue weighted by Gasteiger charge is -2.28. The lowest BCUT2D eigenvalue weighted by Crippen LogP contribution is -2.36. The first-order valence-electron chi connectivity index (χ1n) is 6.03. The van der Waals surface area contributed by atoms with Crippen LogP contribution in [-0.4, -0.2) is 17.8 Å². The molecule has 1 spiro atoms. The molecule has 2 aliphatic rings. The molecule has 1 N–H and O–H groups in total. The Bertz CT molecular complexity index is 248. The van der Waals surface area contributed by atoms with Gasteiger partial charge in [-0.15, -0.1) is 11.6 Å². The normalized spacial score (nSPS) is 29.9. The summed E-state index contributed by atoms with van der Waals surface area (Å²) in [5.41, 5.74) is 0.576. The Morgan fingerprint density at radius 3 is 2.87 bits per heavy atom. The number of amides is 1. The second kappa shape index (κ2) is 4.32. The molecule has 0 aromatic rings. The van der Waals surface area contributed by atoms with Crippen LogP contribution in [0.4, 0.5) is 0 Å². The SMILES string of the molecule is CC(Cl)CNC(=O)C1CCCC2(CC2)C1. The van der Waals surface area contributed by atoms with Gasteiger partial charge in [0.1, 0.15) is 0 Å². The Labute approximate surface area is 96.8 Å². The molecule has 0 aromatic carbocycles. The van der Waals surface area contributed by atoms with Gasteiger partial charge in [-0.05, 0) is 44.4 Å². The van der Waals surface area contributed by atoms with E-state index in [1.165, 1.54) is 25.7 Å². The molecule has 0 bridgehead atoms. The van der Waals surface area contributed by atoms with E-state index in [-0.39, 0.29) is 17.2 Å². The second-order valence-corrected chi connectivity index (χ2v) is 6.06. The maximum atomic E-state index is 11.8. The summed E-state index contributed by atoms with van der Waals surface area (Å²) in [4.78, 5) is 11.8. The van der Waals surface area contributed by atoms with Crippen molar-refractivity contribution in [1.29, 1.82) is 0 Å². The lowest BCUT2D eigenvalue weighted by atomic mass is 9.78. The monoisotopic (exact) mass is 229 g/mol. The van der Waals surface area contributed by atoms with Crippen LogP contribution in [0.2, 0.25) is 0 Å². The highest BCUT2D eigenvalue weighted by Gasteiger charge is 2.47. The summed E-state index contributed by atoms with van der Waals surface area (Å²) in [5, 5.41) is 2.98. The van der Waals surface area contributed by atoms with Crippen LogP contribution in [-0.2, 0) is 4.79 Å². The van der Waals surface area contributed by atoms with Gasteiger partial charge in [0, 0.05) is 17.8 Å². The molecule has 15 heavy (non-hydrogen) atoms. The van der Waals surface area contributed by atoms with Crippen molar-refractivity contribution in [1.82, 2.24) is 5.32 Å². The Kier molecular flexibility index (Phi) is 3.24. The number of hydrogen-bond acceptors (Lipinski definition) is 1. The molecule has 2 atom stereocenters. The quantitative estimate of drug-likeness (QED) is 0.741. The van der Waals surface area contributed by atoms with E-state index in [1.807, 2.05) is 6.92 Å². The molecule has 2 unspecified atom stereocenters. The Hall–Kier alpha value is -0.240. The minimum absolute atomic E-state index is 0.0347. The van der Waals surface area contributed by atoms with Crippen molar-refractivity contribution in [3.8, 4) is 0 Å². The molecule has 2 fully saturated rings. The fraction of sp³-hybridized carbons (Fsp3) is 0.917. The predicted molar refractivity (Wildman–Crippen MR) is 61.9 cm³/mol. The van der Waals surface area contributed by atoms with Crippen LogP contribution in [0.1, 0.15) is 45.4 Å². The van der Waals surface area contributed by atoms with E-state index in [4.69, 9.17) is 11.6 Å². The Balaban J connectivity index is 1.79. The maximum Gasteiger partial charge on any atom is 0.223 e. The first-order valence-corrected chi connectivity index (χ1v) is 6.47. The summed E-state index contributed by atoms with van der Waals surface area (Å²) < 4.78 is 0. The molecule has 2 nitrogen and oxygen atoms in total. The molecule has 2 saturated carbocycles. The van der Waals surface area contributed by atoms with Crippen LogP contribution in [0.15, 0.2) is 0 Å². The van der Waals surface area contributed by atoms with E-state index in [0.29, 0.717) is 12.0 Å². The van der Waals surface area contributed by atoms with Crippen molar-refractivity contribution in [2.45, 2.75) is 50.8 Å². The number of carbonyl (C=O) groups is 1. The lowest BCUT2D eigenvalue weighted by molar-refractivity contribution is -0.126. The van der Waals surface area contributed by atoms with Crippen LogP contribution in [0.25, 0.3) is 0 Å². The molecule has 1 amide bonds. The molecule has 86 valence electrons. The molecule has 0 saturated heterocycles. The summed E-state index contributed by atoms with van der Waals surface area (Å²) in [6.45, 7) is 2.51. The van der Waals surface area contributed by atoms with Gasteiger partial charge in [0.2, 0.25) is 5.91 Å². The second-order valence-electron chi connectivity index (χ2n) is 5.32. The molecule has 0 radical (unpaired) electrons. The molecule has 0 heterocycles. The van der Waals surface area contributed by atoms with Crippen molar-refractivity contribution < 1.29 is 4.79 Å². The molecule has 0 aromatic heterocycles. The van der Waals surface area contributed by atoms with Gasteiger partial charge in [-0.1, -0.05) is 6.42 Å². The van der Waals surface area contributed by atoms with Crippen molar-refractivity contribution in [2.24, 2.45) is 11.3 Å². The molecule has 2 aliphatic carbocycles. The van der Waals surface area contributed by atoms with E-state index in [9.17, 15) is 4.79 Å². The molecular formula is C12H20ClNO. The molecule has 2 rings (SSSR count). The Morgan fingerprint density at radius 2 is 2.27 bits per heavy atom. The van der Waals surface area contributed by atoms with Gasteiger partial charge in [-0.2, -0.15) is 0 Å². The highest BCUT2D eigenvalue weighted by Crippen LogP contribution is 2.57. The predicted octanol–water partition coefficient (Wildman–Crippen LogP) is 2.70. The van der Waals surface area contributed by atoms with Crippen LogP contribution < -0.4 is 5.32 Å². The standard InChI is InChI=1S/C12H20ClNO/c1-9(13)8-14-11(15)10-3-2-4-12(7-10)5-6-12/h9-10H,2-8H2,1H3,(H,14,15). The van der Waals surface area contributed by atoms with Crippen LogP contribution in [0.3, 0.4) is 0 Å². The summed E-state index contributed by atoms with van der Waals surface area (Å²) >= 11 is 5.81. The number of hydrogen-bond donors (Lipinski definition) is 1. The van der Waals surface area contributed by atoms with Crippen LogP contribution in [0, 0.1) is 11.3 Å². The summed E-state index contributed by atoms with van der Waals surface area (Å²) in [5.74, 6) is 0.491. The molecular weight excluding hydrogens is 210 g/mol. The minimum atomic E-state index is 0.0347. The van der Waals surface area contributed by atoms with Gasteiger partial charge in [0.05, 0.1) is 0 Å². The summed E-state index contributed by atoms with van der Waals surface area (Å²) in [6.07, 6.45) is 7.47. The number of nitrogens with one attached hydrogen (secondary N) is 1. The third-order valence-corrected chi connectivity index (χ3v) is 3.98. The smallest absolute Gasteiger partial charge is 0.223 e. The summed E-state index contributed by atoms with van der Waals surface area (Å²) in [7, 11) is 0. The average Bonchev–Trinajstić information content (AvgIpc) is 2.94. The first kappa shape index (κ1) is 11.3. The van der Waals surface area contributed by atoms with Gasteiger partial charge in [-0.3, -0.25) is 4.79 Å². The van der Waals surface area contributed by atoms with Gasteiger partial charge >= 0.3 is 0 Å². The fourth-order valence-corrected chi connectivity index (χ4v) is 2.77. The van der Waals surface area contributed by atoms with Gasteiger partial charge in [0.15, 0.2) is 0 Å². The van der Waals surface area contributed by atoms with E-state index in [2.05, 4.69) is 5.32 Å². The molecule has 3 heteroatoms. The topological polar surface area (TPSA) is 29.1 Å². The number of alkyl halides is 1. The van der Waals surface area contributed by atoms with Gasteiger partial charge < -0.3 is 5.32 Å². The summed E-state index contributed by atoms with van der Waals surface area (Å²) in [6, 6.07) is 0. The third-order valence-electron chi connectivity index (χ3n) is 3.82. The zero-order chi connectivity index (χ0) is 10.9. The van der Waals surface area contributed by atoms with E-state index >= 15 is 0 Å². The molecule has 0 aliphatic heterocycles. The van der Waals surface area contributed by atoms with Crippen LogP contribution >= 0.6 is 11.6 Å². The third kappa shape index (κ3) is 2.87. The van der Waals surface area contributed by atoms with Crippen molar-refractivity contribution in [2.75, 3.05) is 6.54 Å². The van der Waals surface area contributed by atoms with Crippen molar-refractivity contribution in [3.05, 3.63) is 0 Å². The van der Waals surface area contributed by atoms with Crippen molar-refractivity contribution in [3.63, 3.8) is 0 Å². The number of carbonyl (C=O) groups excluding carboxylic acids is 1. The minimum Gasteiger partial charge on any atom is -0.354 e. The number of halogens is 1. The first-order chi connectivity index (χ1) is 7.11. The highest BCUT2D eigenvalue weighted by molar-refractivity contribution is 6.20. The van der Waals surface area contributed by atoms with Gasteiger partial charge in [-0.25, -0.2) is 0 Å². The number of rotatable bonds is 3. The van der Waals surface area contributed by atoms with Gasteiger partial charge in [0.25, 0.3) is 0 Å². The fourth-order valence-electron chi connectivity index (χ4n) is 2.69. The zero-order valence-electron chi connectivity index (χ0n) is 9.39. The van der Waals surface area contributed by atoms with Crippen LogP contribution in [0.5, 0.6) is 0 Å². The Morgan fingerprint density at radius 1 is 1.53 bits per heavy atom. The highest BCUT2D eigenvalue weighted by atomic mass is 35.5. The van der Waals surface area contributed by atoms with Crippen molar-refractivity contribution >= 4 is 17.5 Å². The zero-order valence-corrected chi connectivity index (χ0v) is 10.1. The maximum absolute atomic E-state index is 11.8. The van der Waals surface area contributed by atoms with E-state index in [0.717, 1.165) is 12.8 Å². The van der Waals surface area contributed by atoms with E-state index < -0.39 is 0 Å². The average molecular weight is 230 g/mol. The largest absolute Gasteiger partial charge is 0.354 e.